The molecule has 0 aromatic heterocycles. The fourth-order valence-corrected chi connectivity index (χ4v) is 5.95. The summed E-state index contributed by atoms with van der Waals surface area (Å²) in [6, 6.07) is 9.93. The second kappa shape index (κ2) is 7.33. The van der Waals surface area contributed by atoms with Crippen molar-refractivity contribution in [3.05, 3.63) is 44.5 Å². The van der Waals surface area contributed by atoms with Gasteiger partial charge in [-0.05, 0) is 13.0 Å². The smallest absolute Gasteiger partial charge is 0.345 e. The molecule has 0 fully saturated rings. The van der Waals surface area contributed by atoms with Crippen molar-refractivity contribution in [1.29, 1.82) is 5.26 Å². The molecular weight excluding hydrogens is 384 g/mol. The van der Waals surface area contributed by atoms with E-state index in [9.17, 15) is 9.59 Å². The number of rotatable bonds is 4. The topological polar surface area (TPSA) is 79.6 Å². The zero-order chi connectivity index (χ0) is 19.8. The number of fused-ring (bicyclic) bond motifs is 3. The maximum Gasteiger partial charge on any atom is 0.345 e. The highest BCUT2D eigenvalue weighted by Crippen LogP contribution is 2.60. The molecule has 2 aliphatic heterocycles. The Kier molecular flexibility index (Phi) is 5.27. The molecule has 0 bridgehead atoms. The maximum absolute atomic E-state index is 12.8. The molecule has 6 nitrogen and oxygen atoms in total. The summed E-state index contributed by atoms with van der Waals surface area (Å²) >= 11 is 2.52. The Hall–Kier alpha value is -2.37. The molecule has 1 atom stereocenters. The number of nitriles is 1. The number of likely N-dealkylation sites (N-methyl/N-ethyl adjacent to an activating group) is 1. The van der Waals surface area contributed by atoms with E-state index >= 15 is 0 Å². The van der Waals surface area contributed by atoms with E-state index in [1.165, 1.54) is 37.7 Å². The van der Waals surface area contributed by atoms with Gasteiger partial charge in [0.15, 0.2) is 0 Å². The number of carbonyl (C=O) groups excluding carboxylic acids is 2. The lowest BCUT2D eigenvalue weighted by molar-refractivity contribution is -0.139. The first-order valence-corrected chi connectivity index (χ1v) is 9.89. The fourth-order valence-electron chi connectivity index (χ4n) is 3.49. The molecular formula is C19H18N2O4S2. The number of ether oxygens (including phenoxy) is 2. The number of para-hydroxylation sites is 1. The minimum atomic E-state index is -0.913. The predicted molar refractivity (Wildman–Crippen MR) is 107 cm³/mol. The molecule has 2 aliphatic rings. The van der Waals surface area contributed by atoms with Crippen LogP contribution in [0.4, 0.5) is 5.69 Å². The Bertz CT molecular complexity index is 932. The minimum absolute atomic E-state index is 0.190. The first-order chi connectivity index (χ1) is 12.9. The molecule has 1 unspecified atom stereocenters. The molecule has 3 rings (SSSR count). The number of carbonyl (C=O) groups is 2. The van der Waals surface area contributed by atoms with Crippen LogP contribution in [0.2, 0.25) is 0 Å². The molecule has 2 heterocycles. The van der Waals surface area contributed by atoms with Crippen molar-refractivity contribution in [2.75, 3.05) is 31.9 Å². The summed E-state index contributed by atoms with van der Waals surface area (Å²) < 4.78 is 10.8. The van der Waals surface area contributed by atoms with Gasteiger partial charge in [0.25, 0.3) is 0 Å². The van der Waals surface area contributed by atoms with Crippen LogP contribution in [-0.2, 0) is 19.1 Å². The van der Waals surface area contributed by atoms with Crippen molar-refractivity contribution in [3.63, 3.8) is 0 Å². The van der Waals surface area contributed by atoms with Crippen LogP contribution in [0, 0.1) is 11.3 Å². The van der Waals surface area contributed by atoms with E-state index in [1.54, 1.807) is 0 Å². The zero-order valence-corrected chi connectivity index (χ0v) is 17.0. The van der Waals surface area contributed by atoms with Crippen molar-refractivity contribution >= 4 is 46.7 Å². The molecule has 0 N–H and O–H groups in total. The molecule has 0 spiro atoms. The van der Waals surface area contributed by atoms with Crippen molar-refractivity contribution in [2.45, 2.75) is 12.5 Å². The average molecular weight is 402 g/mol. The van der Waals surface area contributed by atoms with E-state index in [-0.39, 0.29) is 16.2 Å². The molecule has 1 aromatic rings. The van der Waals surface area contributed by atoms with Gasteiger partial charge in [-0.15, -0.1) is 11.8 Å². The number of esters is 2. The van der Waals surface area contributed by atoms with Crippen LogP contribution < -0.4 is 4.90 Å². The van der Waals surface area contributed by atoms with E-state index in [1.807, 2.05) is 43.1 Å². The second-order valence-corrected chi connectivity index (χ2v) is 8.31. The highest BCUT2D eigenvalue weighted by Gasteiger charge is 2.54. The molecule has 140 valence electrons. The number of thioether (sulfide) groups is 2. The minimum Gasteiger partial charge on any atom is -0.466 e. The largest absolute Gasteiger partial charge is 0.466 e. The number of anilines is 1. The van der Waals surface area contributed by atoms with Crippen molar-refractivity contribution < 1.29 is 19.1 Å². The van der Waals surface area contributed by atoms with Crippen LogP contribution in [0.15, 0.2) is 39.0 Å². The number of methoxy groups -OCH3 is 2. The third kappa shape index (κ3) is 2.82. The molecule has 0 radical (unpaired) electrons. The molecule has 0 saturated carbocycles. The van der Waals surface area contributed by atoms with Crippen LogP contribution in [0.25, 0.3) is 5.57 Å². The van der Waals surface area contributed by atoms with Crippen LogP contribution >= 0.6 is 23.5 Å². The Balaban J connectivity index is 2.33. The van der Waals surface area contributed by atoms with Crippen LogP contribution in [-0.4, -0.2) is 44.5 Å². The Morgan fingerprint density at radius 1 is 1.26 bits per heavy atom. The summed E-state index contributed by atoms with van der Waals surface area (Å²) in [6.45, 7) is 1.89. The summed E-state index contributed by atoms with van der Waals surface area (Å²) in [5.74, 6) is -0.942. The monoisotopic (exact) mass is 402 g/mol. The van der Waals surface area contributed by atoms with Gasteiger partial charge in [-0.25, -0.2) is 9.59 Å². The summed E-state index contributed by atoms with van der Waals surface area (Å²) in [5, 5.41) is 9.06. The molecule has 8 heteroatoms. The Morgan fingerprint density at radius 3 is 2.56 bits per heavy atom. The lowest BCUT2D eigenvalue weighted by atomic mass is 9.83. The molecule has 0 amide bonds. The third-order valence-electron chi connectivity index (χ3n) is 4.83. The fraction of sp³-hybridized carbons (Fsp3) is 0.316. The van der Waals surface area contributed by atoms with Gasteiger partial charge in [-0.2, -0.15) is 5.26 Å². The number of hydrogen-bond donors (Lipinski definition) is 0. The zero-order valence-electron chi connectivity index (χ0n) is 15.4. The average Bonchev–Trinajstić information content (AvgIpc) is 2.92. The van der Waals surface area contributed by atoms with Gasteiger partial charge in [0.1, 0.15) is 4.91 Å². The first kappa shape index (κ1) is 19.4. The molecule has 1 aromatic carbocycles. The van der Waals surface area contributed by atoms with Gasteiger partial charge in [-0.1, -0.05) is 30.0 Å². The van der Waals surface area contributed by atoms with E-state index in [0.717, 1.165) is 21.1 Å². The lowest BCUT2D eigenvalue weighted by Gasteiger charge is -2.40. The summed E-state index contributed by atoms with van der Waals surface area (Å²) in [5.41, 5.74) is 2.15. The summed E-state index contributed by atoms with van der Waals surface area (Å²) in [4.78, 5) is 27.4. The van der Waals surface area contributed by atoms with E-state index in [0.29, 0.717) is 0 Å². The van der Waals surface area contributed by atoms with Crippen molar-refractivity contribution in [3.8, 4) is 6.07 Å². The normalized spacial score (nSPS) is 20.8. The van der Waals surface area contributed by atoms with E-state index in [2.05, 4.69) is 6.07 Å². The number of nitrogens with zero attached hydrogens (tertiary/aromatic N) is 2. The van der Waals surface area contributed by atoms with Crippen LogP contribution in [0.1, 0.15) is 12.5 Å². The number of hydrogen-bond acceptors (Lipinski definition) is 8. The van der Waals surface area contributed by atoms with Crippen molar-refractivity contribution in [1.82, 2.24) is 0 Å². The standard InChI is InChI=1S/C19H18N2O4S2/c1-19-13(11-7-5-6-8-12(11)21(19)2)18(26-10-9-20)27-15(17(23)25-4)14(19)16(22)24-3/h5-8H,10H2,1-4H3. The second-order valence-electron chi connectivity index (χ2n) is 6.05. The Labute approximate surface area is 166 Å². The van der Waals surface area contributed by atoms with Crippen LogP contribution in [0.5, 0.6) is 0 Å². The highest BCUT2D eigenvalue weighted by atomic mass is 32.2. The predicted octanol–water partition coefficient (Wildman–Crippen LogP) is 3.17. The Morgan fingerprint density at radius 2 is 1.93 bits per heavy atom. The van der Waals surface area contributed by atoms with Crippen LogP contribution in [0.3, 0.4) is 0 Å². The molecule has 0 saturated heterocycles. The molecule has 0 aliphatic carbocycles. The van der Waals surface area contributed by atoms with Gasteiger partial charge < -0.3 is 14.4 Å². The number of benzene rings is 1. The lowest BCUT2D eigenvalue weighted by Crippen LogP contribution is -2.47. The maximum atomic E-state index is 12.8. The van der Waals surface area contributed by atoms with Crippen molar-refractivity contribution in [2.24, 2.45) is 0 Å². The van der Waals surface area contributed by atoms with Gasteiger partial charge in [0.2, 0.25) is 0 Å². The van der Waals surface area contributed by atoms with E-state index < -0.39 is 17.5 Å². The highest BCUT2D eigenvalue weighted by molar-refractivity contribution is 8.24. The SMILES string of the molecule is COC(=O)C1=C(C(=O)OC)C2(C)C(=C(SCC#N)S1)c1ccccc1N2C. The van der Waals surface area contributed by atoms with E-state index in [4.69, 9.17) is 14.7 Å². The summed E-state index contributed by atoms with van der Waals surface area (Å²) in [6.07, 6.45) is 0. The van der Waals surface area contributed by atoms with Gasteiger partial charge in [-0.3, -0.25) is 0 Å². The van der Waals surface area contributed by atoms with Gasteiger partial charge in [0.05, 0.1) is 41.4 Å². The van der Waals surface area contributed by atoms with Gasteiger partial charge in [0, 0.05) is 23.9 Å². The quantitative estimate of drug-likeness (QED) is 0.711. The first-order valence-electron chi connectivity index (χ1n) is 8.08. The third-order valence-corrected chi connectivity index (χ3v) is 7.14. The van der Waals surface area contributed by atoms with Gasteiger partial charge >= 0.3 is 11.9 Å². The molecule has 27 heavy (non-hydrogen) atoms. The summed E-state index contributed by atoms with van der Waals surface area (Å²) in [7, 11) is 4.46.